The number of ether oxygens (including phenoxy) is 1. The summed E-state index contributed by atoms with van der Waals surface area (Å²) >= 11 is 1.26. The van der Waals surface area contributed by atoms with Gasteiger partial charge in [-0.05, 0) is 70.0 Å². The normalized spacial score (nSPS) is 11.9. The third-order valence-corrected chi connectivity index (χ3v) is 8.41. The molecule has 0 atom stereocenters. The van der Waals surface area contributed by atoms with Crippen LogP contribution in [0.15, 0.2) is 47.4 Å². The van der Waals surface area contributed by atoms with Crippen LogP contribution in [0.25, 0.3) is 10.2 Å². The number of fused-ring (bicyclic) bond motifs is 1. The summed E-state index contributed by atoms with van der Waals surface area (Å²) in [5.74, 6) is 0.0473. The van der Waals surface area contributed by atoms with Crippen LogP contribution in [0.4, 0.5) is 15.6 Å². The smallest absolute Gasteiger partial charge is 0.407 e. The SMILES string of the molecule is CC(C)NCCNc1ccc(S(=O)(=O)Oc2ccc3nc(NC(=O)CCCCCCCNC(=O)OC(C)(C)C)sc3c2)cc1. The lowest BCUT2D eigenvalue weighted by Crippen LogP contribution is -2.32. The number of amides is 2. The van der Waals surface area contributed by atoms with Crippen molar-refractivity contribution in [1.82, 2.24) is 15.6 Å². The molecule has 0 aliphatic carbocycles. The Bertz CT molecular complexity index is 1470. The summed E-state index contributed by atoms with van der Waals surface area (Å²) in [5.41, 5.74) is 0.949. The fourth-order valence-corrected chi connectivity index (χ4v) is 5.95. The second kappa shape index (κ2) is 16.6. The van der Waals surface area contributed by atoms with Crippen LogP contribution in [0, 0.1) is 0 Å². The van der Waals surface area contributed by atoms with Crippen LogP contribution < -0.4 is 25.5 Å². The van der Waals surface area contributed by atoms with Gasteiger partial charge < -0.3 is 30.2 Å². The fourth-order valence-electron chi connectivity index (χ4n) is 4.12. The van der Waals surface area contributed by atoms with E-state index in [1.807, 2.05) is 20.8 Å². The molecule has 11 nitrogen and oxygen atoms in total. The quantitative estimate of drug-likeness (QED) is 0.0982. The van der Waals surface area contributed by atoms with Crippen molar-refractivity contribution >= 4 is 54.5 Å². The molecule has 3 rings (SSSR count). The van der Waals surface area contributed by atoms with Gasteiger partial charge in [0.2, 0.25) is 5.91 Å². The number of benzene rings is 2. The highest BCUT2D eigenvalue weighted by atomic mass is 32.2. The van der Waals surface area contributed by atoms with Crippen molar-refractivity contribution in [3.8, 4) is 5.75 Å². The number of nitrogens with one attached hydrogen (secondary N) is 4. The molecule has 1 aromatic heterocycles. The summed E-state index contributed by atoms with van der Waals surface area (Å²) in [6.45, 7) is 11.7. The summed E-state index contributed by atoms with van der Waals surface area (Å²) in [6, 6.07) is 11.7. The van der Waals surface area contributed by atoms with Crippen molar-refractivity contribution in [3.63, 3.8) is 0 Å². The fraction of sp³-hybridized carbons (Fsp3) is 0.516. The average Bonchev–Trinajstić information content (AvgIpc) is 3.33. The van der Waals surface area contributed by atoms with Crippen LogP contribution in [0.5, 0.6) is 5.75 Å². The minimum absolute atomic E-state index is 0.0539. The summed E-state index contributed by atoms with van der Waals surface area (Å²) in [4.78, 5) is 28.6. The maximum atomic E-state index is 12.9. The Balaban J connectivity index is 1.40. The van der Waals surface area contributed by atoms with Gasteiger partial charge in [0.25, 0.3) is 0 Å². The highest BCUT2D eigenvalue weighted by Crippen LogP contribution is 2.31. The van der Waals surface area contributed by atoms with Gasteiger partial charge in [-0.1, -0.05) is 44.4 Å². The Labute approximate surface area is 264 Å². The van der Waals surface area contributed by atoms with Gasteiger partial charge in [-0.25, -0.2) is 9.78 Å². The molecule has 0 saturated carbocycles. The molecule has 1 heterocycles. The van der Waals surface area contributed by atoms with Crippen molar-refractivity contribution in [3.05, 3.63) is 42.5 Å². The van der Waals surface area contributed by atoms with E-state index < -0.39 is 21.8 Å². The van der Waals surface area contributed by atoms with Gasteiger partial charge >= 0.3 is 16.2 Å². The van der Waals surface area contributed by atoms with Crippen LogP contribution in [0.2, 0.25) is 0 Å². The number of thiazole rings is 1. The van der Waals surface area contributed by atoms with E-state index in [-0.39, 0.29) is 16.6 Å². The first-order valence-corrected chi connectivity index (χ1v) is 17.2. The zero-order valence-corrected chi connectivity index (χ0v) is 27.8. The van der Waals surface area contributed by atoms with E-state index in [9.17, 15) is 18.0 Å². The third kappa shape index (κ3) is 12.7. The molecular weight excluding hydrogens is 603 g/mol. The van der Waals surface area contributed by atoms with E-state index in [0.717, 1.165) is 50.9 Å². The molecule has 0 radical (unpaired) electrons. The number of hydrogen-bond acceptors (Lipinski definition) is 10. The standard InChI is InChI=1S/C31H45N5O6S2/c1-22(2)32-19-20-33-23-12-15-25(16-13-23)44(39,40)42-24-14-17-26-27(21-24)43-29(35-26)36-28(37)11-9-7-6-8-10-18-34-30(38)41-31(3,4)5/h12-17,21-22,32-33H,6-11,18-20H2,1-5H3,(H,34,38)(H,35,36,37). The first kappa shape index (κ1) is 35.1. The predicted molar refractivity (Wildman–Crippen MR) is 176 cm³/mol. The zero-order chi connectivity index (χ0) is 32.2. The molecule has 44 heavy (non-hydrogen) atoms. The average molecular weight is 648 g/mol. The molecule has 0 aliphatic rings. The van der Waals surface area contributed by atoms with E-state index in [2.05, 4.69) is 40.1 Å². The lowest BCUT2D eigenvalue weighted by Gasteiger charge is -2.19. The largest absolute Gasteiger partial charge is 0.444 e. The van der Waals surface area contributed by atoms with Crippen LogP contribution in [0.1, 0.15) is 73.1 Å². The molecule has 0 aliphatic heterocycles. The Morgan fingerprint density at radius 3 is 2.34 bits per heavy atom. The molecule has 0 fully saturated rings. The molecule has 13 heteroatoms. The van der Waals surface area contributed by atoms with Crippen LogP contribution in [0.3, 0.4) is 0 Å². The van der Waals surface area contributed by atoms with E-state index in [4.69, 9.17) is 8.92 Å². The Hall–Kier alpha value is -3.42. The number of carbonyl (C=O) groups is 2. The molecule has 0 spiro atoms. The molecule has 242 valence electrons. The number of rotatable bonds is 17. The molecular formula is C31H45N5O6S2. The lowest BCUT2D eigenvalue weighted by molar-refractivity contribution is -0.116. The van der Waals surface area contributed by atoms with Gasteiger partial charge in [-0.3, -0.25) is 4.79 Å². The van der Waals surface area contributed by atoms with E-state index in [1.54, 1.807) is 30.3 Å². The molecule has 0 saturated heterocycles. The van der Waals surface area contributed by atoms with Crippen LogP contribution in [-0.2, 0) is 19.6 Å². The van der Waals surface area contributed by atoms with Gasteiger partial charge in [-0.15, -0.1) is 0 Å². The summed E-state index contributed by atoms with van der Waals surface area (Å²) in [7, 11) is -4.03. The Kier molecular flexibility index (Phi) is 13.2. The number of hydrogen-bond donors (Lipinski definition) is 4. The molecule has 4 N–H and O–H groups in total. The number of unbranched alkanes of at least 4 members (excludes halogenated alkanes) is 4. The van der Waals surface area contributed by atoms with Crippen molar-refractivity contribution in [2.75, 3.05) is 30.3 Å². The van der Waals surface area contributed by atoms with Crippen molar-refractivity contribution < 1.29 is 26.9 Å². The van der Waals surface area contributed by atoms with Gasteiger partial charge in [0.15, 0.2) is 5.13 Å². The molecule has 0 bridgehead atoms. The number of alkyl carbamates (subject to hydrolysis) is 1. The highest BCUT2D eigenvalue weighted by molar-refractivity contribution is 7.87. The molecule has 2 amide bonds. The Morgan fingerprint density at radius 1 is 0.932 bits per heavy atom. The maximum absolute atomic E-state index is 12.9. The number of carbonyl (C=O) groups excluding carboxylic acids is 2. The third-order valence-electron chi connectivity index (χ3n) is 6.21. The van der Waals surface area contributed by atoms with Crippen LogP contribution in [-0.4, -0.2) is 56.7 Å². The van der Waals surface area contributed by atoms with E-state index in [1.165, 1.54) is 23.5 Å². The van der Waals surface area contributed by atoms with Gasteiger partial charge in [0.1, 0.15) is 16.2 Å². The summed E-state index contributed by atoms with van der Waals surface area (Å²) < 4.78 is 37.0. The second-order valence-electron chi connectivity index (χ2n) is 11.7. The molecule has 3 aromatic rings. The maximum Gasteiger partial charge on any atom is 0.407 e. The minimum Gasteiger partial charge on any atom is -0.444 e. The van der Waals surface area contributed by atoms with E-state index in [0.29, 0.717) is 34.4 Å². The summed E-state index contributed by atoms with van der Waals surface area (Å²) in [5, 5.41) is 12.6. The second-order valence-corrected chi connectivity index (χ2v) is 14.3. The van der Waals surface area contributed by atoms with Gasteiger partial charge in [0, 0.05) is 43.9 Å². The summed E-state index contributed by atoms with van der Waals surface area (Å²) in [6.07, 6.45) is 4.40. The van der Waals surface area contributed by atoms with Crippen molar-refractivity contribution in [2.45, 2.75) is 89.7 Å². The minimum atomic E-state index is -4.03. The lowest BCUT2D eigenvalue weighted by atomic mass is 10.1. The monoisotopic (exact) mass is 647 g/mol. The number of nitrogens with zero attached hydrogens (tertiary/aromatic N) is 1. The highest BCUT2D eigenvalue weighted by Gasteiger charge is 2.18. The predicted octanol–water partition coefficient (Wildman–Crippen LogP) is 6.28. The molecule has 0 unspecified atom stereocenters. The van der Waals surface area contributed by atoms with Crippen LogP contribution >= 0.6 is 11.3 Å². The first-order chi connectivity index (χ1) is 20.8. The topological polar surface area (TPSA) is 148 Å². The number of aromatic nitrogens is 1. The van der Waals surface area contributed by atoms with Crippen molar-refractivity contribution in [1.29, 1.82) is 0 Å². The Morgan fingerprint density at radius 2 is 1.64 bits per heavy atom. The zero-order valence-electron chi connectivity index (χ0n) is 26.2. The van der Waals surface area contributed by atoms with Gasteiger partial charge in [0.05, 0.1) is 10.2 Å². The van der Waals surface area contributed by atoms with Gasteiger partial charge in [-0.2, -0.15) is 8.42 Å². The molecule has 2 aromatic carbocycles. The number of anilines is 2. The van der Waals surface area contributed by atoms with Crippen molar-refractivity contribution in [2.24, 2.45) is 0 Å². The first-order valence-electron chi connectivity index (χ1n) is 15.0. The van der Waals surface area contributed by atoms with E-state index >= 15 is 0 Å².